The van der Waals surface area contributed by atoms with Crippen molar-refractivity contribution in [3.63, 3.8) is 0 Å². The Hall–Kier alpha value is -3.53. The number of aryl methyl sites for hydroxylation is 1. The maximum atomic E-state index is 12.8. The van der Waals surface area contributed by atoms with Gasteiger partial charge in [0.25, 0.3) is 5.56 Å². The summed E-state index contributed by atoms with van der Waals surface area (Å²) in [5.41, 5.74) is 1.92. The summed E-state index contributed by atoms with van der Waals surface area (Å²) in [5, 5.41) is 3.33. The predicted molar refractivity (Wildman–Crippen MR) is 126 cm³/mol. The molecule has 10 heteroatoms. The zero-order valence-corrected chi connectivity index (χ0v) is 18.7. The number of rotatable bonds is 5. The fourth-order valence-corrected chi connectivity index (χ4v) is 5.06. The number of fused-ring (bicyclic) bond motifs is 2. The quantitative estimate of drug-likeness (QED) is 0.598. The number of thioether (sulfide) groups is 1. The molecule has 2 aliphatic heterocycles. The number of benzene rings is 2. The lowest BCUT2D eigenvalue weighted by molar-refractivity contribution is -0.113. The first kappa shape index (κ1) is 21.3. The number of nitrogens with zero attached hydrogens (tertiary/aromatic N) is 2. The monoisotopic (exact) mass is 466 g/mol. The summed E-state index contributed by atoms with van der Waals surface area (Å²) in [6.07, 6.45) is 0.209. The standard InChI is InChI=1S/C23H22N4O5S/c1-13-4-2-6-16-20(13)21(29)26(22(30)25-16)9-3-5-15-11-27(23(31)32-15)14-7-8-18-17(10-14)24-19(28)12-33-18/h2,4,6-8,10,15H,3,5,9,11-12H2,1H3,(H,24,28)(H,25,30). The molecule has 2 aromatic carbocycles. The zero-order valence-electron chi connectivity index (χ0n) is 17.9. The third-order valence-corrected chi connectivity index (χ3v) is 6.98. The second-order valence-electron chi connectivity index (χ2n) is 8.16. The number of carbonyl (C=O) groups is 2. The molecule has 0 spiro atoms. The van der Waals surface area contributed by atoms with E-state index in [2.05, 4.69) is 10.3 Å². The van der Waals surface area contributed by atoms with Crippen LogP contribution in [0.4, 0.5) is 16.2 Å². The molecule has 9 nitrogen and oxygen atoms in total. The van der Waals surface area contributed by atoms with Gasteiger partial charge in [-0.05, 0) is 49.6 Å². The highest BCUT2D eigenvalue weighted by atomic mass is 32.2. The van der Waals surface area contributed by atoms with Gasteiger partial charge in [0, 0.05) is 17.1 Å². The van der Waals surface area contributed by atoms with Gasteiger partial charge in [-0.15, -0.1) is 11.8 Å². The Balaban J connectivity index is 1.26. The van der Waals surface area contributed by atoms with Crippen molar-refractivity contribution in [1.29, 1.82) is 0 Å². The van der Waals surface area contributed by atoms with E-state index < -0.39 is 11.8 Å². The van der Waals surface area contributed by atoms with Crippen LogP contribution in [-0.4, -0.2) is 40.0 Å². The first-order valence-electron chi connectivity index (χ1n) is 10.7. The van der Waals surface area contributed by atoms with Gasteiger partial charge in [0.1, 0.15) is 6.10 Å². The number of carbonyl (C=O) groups excluding carboxylic acids is 2. The number of cyclic esters (lactones) is 1. The van der Waals surface area contributed by atoms with Crippen molar-refractivity contribution >= 4 is 46.0 Å². The first-order chi connectivity index (χ1) is 15.9. The zero-order chi connectivity index (χ0) is 23.1. The van der Waals surface area contributed by atoms with Gasteiger partial charge in [0.2, 0.25) is 5.91 Å². The number of anilines is 2. The molecule has 1 aromatic heterocycles. The van der Waals surface area contributed by atoms with Crippen LogP contribution in [0.1, 0.15) is 18.4 Å². The van der Waals surface area contributed by atoms with E-state index in [0.29, 0.717) is 47.4 Å². The first-order valence-corrected chi connectivity index (χ1v) is 11.7. The molecule has 33 heavy (non-hydrogen) atoms. The molecule has 3 heterocycles. The number of aromatic amines is 1. The smallest absolute Gasteiger partial charge is 0.414 e. The van der Waals surface area contributed by atoms with Crippen LogP contribution in [-0.2, 0) is 16.1 Å². The molecule has 0 bridgehead atoms. The van der Waals surface area contributed by atoms with Crippen molar-refractivity contribution in [3.8, 4) is 0 Å². The van der Waals surface area contributed by atoms with Crippen LogP contribution in [0.2, 0.25) is 0 Å². The maximum Gasteiger partial charge on any atom is 0.414 e. The fraction of sp³-hybridized carbons (Fsp3) is 0.304. The number of aromatic nitrogens is 2. The van der Waals surface area contributed by atoms with Crippen molar-refractivity contribution in [3.05, 3.63) is 62.8 Å². The molecule has 0 aliphatic carbocycles. The van der Waals surface area contributed by atoms with E-state index >= 15 is 0 Å². The van der Waals surface area contributed by atoms with Gasteiger partial charge in [0.15, 0.2) is 0 Å². The van der Waals surface area contributed by atoms with E-state index in [9.17, 15) is 19.2 Å². The SMILES string of the molecule is Cc1cccc2[nH]c(=O)n(CCCC3CN(c4ccc5c(c4)NC(=O)CS5)C(=O)O3)c(=O)c12. The van der Waals surface area contributed by atoms with E-state index in [-0.39, 0.29) is 24.1 Å². The van der Waals surface area contributed by atoms with Gasteiger partial charge >= 0.3 is 11.8 Å². The molecular weight excluding hydrogens is 444 g/mol. The summed E-state index contributed by atoms with van der Waals surface area (Å²) in [5.74, 6) is 0.309. The van der Waals surface area contributed by atoms with Gasteiger partial charge in [-0.25, -0.2) is 9.59 Å². The molecular formula is C23H22N4O5S. The largest absolute Gasteiger partial charge is 0.444 e. The van der Waals surface area contributed by atoms with Crippen LogP contribution in [0, 0.1) is 6.92 Å². The molecule has 2 amide bonds. The minimum atomic E-state index is -0.453. The van der Waals surface area contributed by atoms with Crippen molar-refractivity contribution in [2.75, 3.05) is 22.5 Å². The van der Waals surface area contributed by atoms with Gasteiger partial charge in [-0.3, -0.25) is 19.1 Å². The molecule has 1 saturated heterocycles. The Morgan fingerprint density at radius 3 is 2.85 bits per heavy atom. The molecule has 2 N–H and O–H groups in total. The predicted octanol–water partition coefficient (Wildman–Crippen LogP) is 2.85. The average molecular weight is 467 g/mol. The molecule has 0 saturated carbocycles. The van der Waals surface area contributed by atoms with Gasteiger partial charge < -0.3 is 15.0 Å². The highest BCUT2D eigenvalue weighted by Crippen LogP contribution is 2.35. The van der Waals surface area contributed by atoms with Crippen LogP contribution >= 0.6 is 11.8 Å². The van der Waals surface area contributed by atoms with E-state index in [0.717, 1.165) is 10.5 Å². The van der Waals surface area contributed by atoms with Crippen LogP contribution in [0.25, 0.3) is 10.9 Å². The van der Waals surface area contributed by atoms with Crippen molar-refractivity contribution in [2.45, 2.75) is 37.3 Å². The summed E-state index contributed by atoms with van der Waals surface area (Å²) < 4.78 is 6.70. The summed E-state index contributed by atoms with van der Waals surface area (Å²) in [6, 6.07) is 10.8. The number of H-pyrrole nitrogens is 1. The maximum absolute atomic E-state index is 12.8. The fourth-order valence-electron chi connectivity index (χ4n) is 4.27. The Morgan fingerprint density at radius 1 is 1.15 bits per heavy atom. The number of hydrogen-bond donors (Lipinski definition) is 2. The molecule has 1 unspecified atom stereocenters. The normalized spacial score (nSPS) is 17.7. The molecule has 3 aromatic rings. The lowest BCUT2D eigenvalue weighted by Gasteiger charge is -2.20. The van der Waals surface area contributed by atoms with Crippen LogP contribution < -0.4 is 21.5 Å². The third-order valence-electron chi connectivity index (χ3n) is 5.91. The number of ether oxygens (including phenoxy) is 1. The molecule has 2 aliphatic rings. The second kappa shape index (κ2) is 8.43. The molecule has 1 atom stereocenters. The van der Waals surface area contributed by atoms with E-state index in [1.165, 1.54) is 21.2 Å². The van der Waals surface area contributed by atoms with E-state index in [1.807, 2.05) is 25.1 Å². The topological polar surface area (TPSA) is 114 Å². The number of amides is 2. The number of nitrogens with one attached hydrogen (secondary N) is 2. The van der Waals surface area contributed by atoms with E-state index in [1.54, 1.807) is 18.2 Å². The van der Waals surface area contributed by atoms with Gasteiger partial charge in [-0.2, -0.15) is 0 Å². The lowest BCUT2D eigenvalue weighted by atomic mass is 10.1. The minimum absolute atomic E-state index is 0.0689. The van der Waals surface area contributed by atoms with E-state index in [4.69, 9.17) is 4.74 Å². The molecule has 1 fully saturated rings. The van der Waals surface area contributed by atoms with Crippen LogP contribution in [0.15, 0.2) is 50.9 Å². The second-order valence-corrected chi connectivity index (χ2v) is 9.18. The Morgan fingerprint density at radius 2 is 2.00 bits per heavy atom. The third kappa shape index (κ3) is 4.02. The molecule has 0 radical (unpaired) electrons. The highest BCUT2D eigenvalue weighted by molar-refractivity contribution is 8.00. The summed E-state index contributed by atoms with van der Waals surface area (Å²) in [4.78, 5) is 54.6. The molecule has 5 rings (SSSR count). The Labute approximate surface area is 192 Å². The summed E-state index contributed by atoms with van der Waals surface area (Å²) in [7, 11) is 0. The Bertz CT molecular complexity index is 1400. The van der Waals surface area contributed by atoms with Crippen molar-refractivity contribution < 1.29 is 14.3 Å². The summed E-state index contributed by atoms with van der Waals surface area (Å²) >= 11 is 1.46. The van der Waals surface area contributed by atoms with Gasteiger partial charge in [0.05, 0.1) is 28.9 Å². The lowest BCUT2D eigenvalue weighted by Crippen LogP contribution is -2.35. The molecule has 170 valence electrons. The van der Waals surface area contributed by atoms with Gasteiger partial charge in [-0.1, -0.05) is 12.1 Å². The Kier molecular flexibility index (Phi) is 5.45. The average Bonchev–Trinajstić information content (AvgIpc) is 3.15. The van der Waals surface area contributed by atoms with Crippen molar-refractivity contribution in [1.82, 2.24) is 9.55 Å². The van der Waals surface area contributed by atoms with Crippen LogP contribution in [0.5, 0.6) is 0 Å². The summed E-state index contributed by atoms with van der Waals surface area (Å²) in [6.45, 7) is 2.43. The highest BCUT2D eigenvalue weighted by Gasteiger charge is 2.32. The minimum Gasteiger partial charge on any atom is -0.444 e. The number of hydrogen-bond acceptors (Lipinski definition) is 6. The van der Waals surface area contributed by atoms with Crippen molar-refractivity contribution in [2.24, 2.45) is 0 Å². The van der Waals surface area contributed by atoms with Crippen LogP contribution in [0.3, 0.4) is 0 Å².